The first-order valence-electron chi connectivity index (χ1n) is 6.31. The maximum absolute atomic E-state index is 12.9. The van der Waals surface area contributed by atoms with Gasteiger partial charge in [-0.1, -0.05) is 11.8 Å². The fourth-order valence-electron chi connectivity index (χ4n) is 1.76. The molecule has 0 atom stereocenters. The van der Waals surface area contributed by atoms with Crippen LogP contribution < -0.4 is 10.6 Å². The molecule has 0 aliphatic heterocycles. The van der Waals surface area contributed by atoms with Crippen LogP contribution in [0.2, 0.25) is 0 Å². The number of hydrogen-bond acceptors (Lipinski definition) is 3. The van der Waals surface area contributed by atoms with Gasteiger partial charge in [0.25, 0.3) is 5.91 Å². The van der Waals surface area contributed by atoms with Crippen LogP contribution in [0, 0.1) is 17.7 Å². The molecule has 2 aromatic rings. The van der Waals surface area contributed by atoms with Crippen molar-refractivity contribution in [1.29, 1.82) is 0 Å². The Bertz CT molecular complexity index is 701. The SMILES string of the molecule is CN(C(=O)c1ncccc1C#CCN)c1ccc(F)cc1. The van der Waals surface area contributed by atoms with Crippen LogP contribution in [0.3, 0.4) is 0 Å². The standard InChI is InChI=1S/C16H14FN3O/c1-20(14-8-6-13(17)7-9-14)16(21)15-12(4-2-10-18)5-3-11-19-15/h3,5-9,11H,10,18H2,1H3. The van der Waals surface area contributed by atoms with Crippen molar-refractivity contribution in [2.45, 2.75) is 0 Å². The van der Waals surface area contributed by atoms with Gasteiger partial charge in [-0.05, 0) is 36.4 Å². The number of hydrogen-bond donors (Lipinski definition) is 1. The van der Waals surface area contributed by atoms with E-state index in [4.69, 9.17) is 5.73 Å². The Hall–Kier alpha value is -2.71. The van der Waals surface area contributed by atoms with Crippen molar-refractivity contribution in [2.75, 3.05) is 18.5 Å². The summed E-state index contributed by atoms with van der Waals surface area (Å²) < 4.78 is 12.9. The lowest BCUT2D eigenvalue weighted by Gasteiger charge is -2.17. The van der Waals surface area contributed by atoms with Gasteiger partial charge in [0.15, 0.2) is 0 Å². The van der Waals surface area contributed by atoms with Crippen molar-refractivity contribution < 1.29 is 9.18 Å². The summed E-state index contributed by atoms with van der Waals surface area (Å²) in [5.41, 5.74) is 6.67. The van der Waals surface area contributed by atoms with E-state index in [1.165, 1.54) is 35.4 Å². The van der Waals surface area contributed by atoms with Crippen molar-refractivity contribution in [2.24, 2.45) is 5.73 Å². The van der Waals surface area contributed by atoms with Crippen LogP contribution in [0.5, 0.6) is 0 Å². The largest absolute Gasteiger partial charge is 0.320 e. The van der Waals surface area contributed by atoms with E-state index in [-0.39, 0.29) is 24.0 Å². The van der Waals surface area contributed by atoms with Gasteiger partial charge in [0.1, 0.15) is 11.5 Å². The summed E-state index contributed by atoms with van der Waals surface area (Å²) in [6.07, 6.45) is 1.53. The number of anilines is 1. The minimum absolute atomic E-state index is 0.205. The first-order valence-corrected chi connectivity index (χ1v) is 6.31. The van der Waals surface area contributed by atoms with Crippen LogP contribution in [-0.2, 0) is 0 Å². The second kappa shape index (κ2) is 6.64. The number of amides is 1. The van der Waals surface area contributed by atoms with Crippen LogP contribution >= 0.6 is 0 Å². The molecule has 2 N–H and O–H groups in total. The van der Waals surface area contributed by atoms with Gasteiger partial charge in [-0.25, -0.2) is 9.37 Å². The number of carbonyl (C=O) groups is 1. The number of nitrogens with zero attached hydrogens (tertiary/aromatic N) is 2. The summed E-state index contributed by atoms with van der Waals surface area (Å²) in [5, 5.41) is 0. The molecule has 5 heteroatoms. The zero-order chi connectivity index (χ0) is 15.2. The highest BCUT2D eigenvalue weighted by Gasteiger charge is 2.17. The predicted octanol–water partition coefficient (Wildman–Crippen LogP) is 1.81. The number of halogens is 1. The first-order chi connectivity index (χ1) is 10.1. The number of rotatable bonds is 2. The quantitative estimate of drug-likeness (QED) is 0.855. The molecule has 2 rings (SSSR count). The van der Waals surface area contributed by atoms with E-state index in [0.29, 0.717) is 11.3 Å². The minimum Gasteiger partial charge on any atom is -0.320 e. The van der Waals surface area contributed by atoms with Crippen molar-refractivity contribution in [3.05, 3.63) is 59.7 Å². The van der Waals surface area contributed by atoms with Gasteiger partial charge in [0.2, 0.25) is 0 Å². The lowest BCUT2D eigenvalue weighted by Crippen LogP contribution is -2.27. The molecule has 0 aliphatic rings. The maximum atomic E-state index is 12.9. The van der Waals surface area contributed by atoms with E-state index >= 15 is 0 Å². The number of pyridine rings is 1. The third-order valence-corrected chi connectivity index (χ3v) is 2.85. The summed E-state index contributed by atoms with van der Waals surface area (Å²) >= 11 is 0. The molecule has 0 spiro atoms. The Morgan fingerprint density at radius 2 is 2.05 bits per heavy atom. The molecule has 1 heterocycles. The minimum atomic E-state index is -0.355. The van der Waals surface area contributed by atoms with Gasteiger partial charge in [-0.2, -0.15) is 0 Å². The molecule has 106 valence electrons. The van der Waals surface area contributed by atoms with Crippen molar-refractivity contribution >= 4 is 11.6 Å². The smallest absolute Gasteiger partial charge is 0.277 e. The summed E-state index contributed by atoms with van der Waals surface area (Å²) in [6, 6.07) is 9.07. The van der Waals surface area contributed by atoms with Gasteiger partial charge in [0, 0.05) is 18.9 Å². The van der Waals surface area contributed by atoms with Crippen LogP contribution in [0.15, 0.2) is 42.6 Å². The second-order valence-electron chi connectivity index (χ2n) is 4.25. The normalized spacial score (nSPS) is 9.67. The molecule has 0 bridgehead atoms. The molecule has 4 nitrogen and oxygen atoms in total. The first kappa shape index (κ1) is 14.7. The zero-order valence-corrected chi connectivity index (χ0v) is 11.5. The number of benzene rings is 1. The van der Waals surface area contributed by atoms with E-state index in [9.17, 15) is 9.18 Å². The Kier molecular flexibility index (Phi) is 4.64. The lowest BCUT2D eigenvalue weighted by atomic mass is 10.1. The van der Waals surface area contributed by atoms with Crippen molar-refractivity contribution in [3.63, 3.8) is 0 Å². The molecular weight excluding hydrogens is 269 g/mol. The van der Waals surface area contributed by atoms with E-state index in [0.717, 1.165) is 0 Å². The van der Waals surface area contributed by atoms with E-state index in [2.05, 4.69) is 16.8 Å². The molecular formula is C16H14FN3O. The van der Waals surface area contributed by atoms with Gasteiger partial charge >= 0.3 is 0 Å². The predicted molar refractivity (Wildman–Crippen MR) is 79.3 cm³/mol. The van der Waals surface area contributed by atoms with Gasteiger partial charge in [0.05, 0.1) is 12.1 Å². The molecule has 0 aliphatic carbocycles. The van der Waals surface area contributed by atoms with E-state index < -0.39 is 0 Å². The van der Waals surface area contributed by atoms with Crippen LogP contribution in [-0.4, -0.2) is 24.5 Å². The van der Waals surface area contributed by atoms with Crippen molar-refractivity contribution in [3.8, 4) is 11.8 Å². The van der Waals surface area contributed by atoms with Crippen LogP contribution in [0.4, 0.5) is 10.1 Å². The van der Waals surface area contributed by atoms with Gasteiger partial charge in [-0.15, -0.1) is 0 Å². The second-order valence-corrected chi connectivity index (χ2v) is 4.25. The number of carbonyl (C=O) groups excluding carboxylic acids is 1. The molecule has 1 amide bonds. The van der Waals surface area contributed by atoms with Gasteiger partial charge in [-0.3, -0.25) is 4.79 Å². The van der Waals surface area contributed by atoms with Crippen LogP contribution in [0.1, 0.15) is 16.1 Å². The summed E-state index contributed by atoms with van der Waals surface area (Å²) in [6.45, 7) is 0.205. The molecule has 1 aromatic carbocycles. The Morgan fingerprint density at radius 1 is 1.33 bits per heavy atom. The molecule has 21 heavy (non-hydrogen) atoms. The molecule has 0 fully saturated rings. The fourth-order valence-corrected chi connectivity index (χ4v) is 1.76. The van der Waals surface area contributed by atoms with Crippen LogP contribution in [0.25, 0.3) is 0 Å². The van der Waals surface area contributed by atoms with Crippen molar-refractivity contribution in [1.82, 2.24) is 4.98 Å². The molecule has 0 saturated heterocycles. The summed E-state index contributed by atoms with van der Waals surface area (Å²) in [4.78, 5) is 18.0. The van der Waals surface area contributed by atoms with Gasteiger partial charge < -0.3 is 10.6 Å². The molecule has 0 saturated carbocycles. The highest BCUT2D eigenvalue weighted by molar-refractivity contribution is 6.05. The average molecular weight is 283 g/mol. The van der Waals surface area contributed by atoms with E-state index in [1.54, 1.807) is 19.2 Å². The summed E-state index contributed by atoms with van der Waals surface area (Å²) in [7, 11) is 1.60. The Balaban J connectivity index is 2.33. The molecule has 1 aromatic heterocycles. The monoisotopic (exact) mass is 283 g/mol. The third kappa shape index (κ3) is 3.44. The third-order valence-electron chi connectivity index (χ3n) is 2.85. The highest BCUT2D eigenvalue weighted by Crippen LogP contribution is 2.16. The average Bonchev–Trinajstić information content (AvgIpc) is 2.52. The topological polar surface area (TPSA) is 59.2 Å². The lowest BCUT2D eigenvalue weighted by molar-refractivity contribution is 0.0988. The molecule has 0 radical (unpaired) electrons. The highest BCUT2D eigenvalue weighted by atomic mass is 19.1. The Morgan fingerprint density at radius 3 is 2.71 bits per heavy atom. The van der Waals surface area contributed by atoms with E-state index in [1.807, 2.05) is 0 Å². The molecule has 0 unspecified atom stereocenters. The summed E-state index contributed by atoms with van der Waals surface area (Å²) in [5.74, 6) is 4.86. The maximum Gasteiger partial charge on any atom is 0.277 e. The number of aromatic nitrogens is 1. The Labute approximate surface area is 122 Å². The zero-order valence-electron chi connectivity index (χ0n) is 11.5. The fraction of sp³-hybridized carbons (Fsp3) is 0.125. The number of nitrogens with two attached hydrogens (primary N) is 1.